The summed E-state index contributed by atoms with van der Waals surface area (Å²) in [4.78, 5) is 14.5. The van der Waals surface area contributed by atoms with Gasteiger partial charge in [-0.25, -0.2) is 0 Å². The van der Waals surface area contributed by atoms with E-state index < -0.39 is 0 Å². The van der Waals surface area contributed by atoms with Gasteiger partial charge in [-0.3, -0.25) is 4.79 Å². The molecule has 1 saturated heterocycles. The lowest BCUT2D eigenvalue weighted by Gasteiger charge is -2.07. The molecular weight excluding hydrogens is 178 g/mol. The second-order valence-electron chi connectivity index (χ2n) is 3.70. The zero-order valence-corrected chi connectivity index (χ0v) is 8.16. The number of Topliss-reactive ketones (excluding diaryl/α,β-unsaturated/α-hetero) is 1. The number of ketones is 1. The van der Waals surface area contributed by atoms with Gasteiger partial charge in [0.2, 0.25) is 0 Å². The van der Waals surface area contributed by atoms with Crippen LogP contribution in [-0.2, 0) is 4.74 Å². The van der Waals surface area contributed by atoms with E-state index in [1.54, 1.807) is 12.4 Å². The highest BCUT2D eigenvalue weighted by Crippen LogP contribution is 2.18. The Morgan fingerprint density at radius 2 is 2.57 bits per heavy atom. The zero-order valence-electron chi connectivity index (χ0n) is 8.16. The fourth-order valence-corrected chi connectivity index (χ4v) is 1.81. The van der Waals surface area contributed by atoms with Crippen LogP contribution >= 0.6 is 0 Å². The molecule has 0 aromatic carbocycles. The number of carbonyl (C=O) groups excluding carboxylic acids is 1. The highest BCUT2D eigenvalue weighted by Gasteiger charge is 2.17. The highest BCUT2D eigenvalue weighted by atomic mass is 16.5. The molecule has 1 aliphatic heterocycles. The lowest BCUT2D eigenvalue weighted by atomic mass is 10.1. The van der Waals surface area contributed by atoms with E-state index in [1.807, 2.05) is 6.07 Å². The molecule has 2 heterocycles. The van der Waals surface area contributed by atoms with Crippen molar-refractivity contribution < 1.29 is 9.53 Å². The van der Waals surface area contributed by atoms with Crippen molar-refractivity contribution in [3.63, 3.8) is 0 Å². The SMILES string of the molecule is O=C(CCC1CCCO1)c1cc[nH]c1. The molecule has 1 aromatic rings. The van der Waals surface area contributed by atoms with Crippen molar-refractivity contribution >= 4 is 5.78 Å². The van der Waals surface area contributed by atoms with Gasteiger partial charge in [-0.2, -0.15) is 0 Å². The maximum Gasteiger partial charge on any atom is 0.164 e. The van der Waals surface area contributed by atoms with Crippen molar-refractivity contribution in [3.05, 3.63) is 24.0 Å². The Kier molecular flexibility index (Phi) is 2.99. The average Bonchev–Trinajstić information content (AvgIpc) is 2.87. The van der Waals surface area contributed by atoms with Gasteiger partial charge in [-0.1, -0.05) is 0 Å². The van der Waals surface area contributed by atoms with Crippen LogP contribution in [-0.4, -0.2) is 23.5 Å². The van der Waals surface area contributed by atoms with E-state index in [-0.39, 0.29) is 5.78 Å². The van der Waals surface area contributed by atoms with Crippen molar-refractivity contribution in [2.45, 2.75) is 31.8 Å². The predicted octanol–water partition coefficient (Wildman–Crippen LogP) is 2.16. The Bertz CT molecular complexity index is 286. The van der Waals surface area contributed by atoms with E-state index in [4.69, 9.17) is 4.74 Å². The number of carbonyl (C=O) groups is 1. The monoisotopic (exact) mass is 193 g/mol. The van der Waals surface area contributed by atoms with E-state index in [0.717, 1.165) is 31.4 Å². The average molecular weight is 193 g/mol. The third-order valence-electron chi connectivity index (χ3n) is 2.64. The molecule has 0 amide bonds. The van der Waals surface area contributed by atoms with Crippen LogP contribution in [0.2, 0.25) is 0 Å². The first-order chi connectivity index (χ1) is 6.86. The van der Waals surface area contributed by atoms with E-state index in [9.17, 15) is 4.79 Å². The number of H-pyrrole nitrogens is 1. The van der Waals surface area contributed by atoms with Crippen LogP contribution in [0.5, 0.6) is 0 Å². The van der Waals surface area contributed by atoms with Crippen LogP contribution in [0.15, 0.2) is 18.5 Å². The first-order valence-electron chi connectivity index (χ1n) is 5.14. The molecule has 76 valence electrons. The Morgan fingerprint density at radius 1 is 1.64 bits per heavy atom. The van der Waals surface area contributed by atoms with Gasteiger partial charge in [0, 0.05) is 31.0 Å². The van der Waals surface area contributed by atoms with Crippen LogP contribution < -0.4 is 0 Å². The number of ether oxygens (including phenoxy) is 1. The van der Waals surface area contributed by atoms with Crippen LogP contribution in [0.1, 0.15) is 36.0 Å². The summed E-state index contributed by atoms with van der Waals surface area (Å²) in [7, 11) is 0. The molecule has 1 aliphatic rings. The Balaban J connectivity index is 1.78. The molecule has 1 N–H and O–H groups in total. The quantitative estimate of drug-likeness (QED) is 0.744. The summed E-state index contributed by atoms with van der Waals surface area (Å²) >= 11 is 0. The molecule has 1 atom stereocenters. The number of rotatable bonds is 4. The predicted molar refractivity (Wildman–Crippen MR) is 53.3 cm³/mol. The fraction of sp³-hybridized carbons (Fsp3) is 0.545. The van der Waals surface area contributed by atoms with Crippen LogP contribution in [0, 0.1) is 0 Å². The van der Waals surface area contributed by atoms with Gasteiger partial charge in [0.1, 0.15) is 0 Å². The van der Waals surface area contributed by atoms with Crippen molar-refractivity contribution in [3.8, 4) is 0 Å². The molecule has 14 heavy (non-hydrogen) atoms. The second kappa shape index (κ2) is 4.42. The lowest BCUT2D eigenvalue weighted by Crippen LogP contribution is -2.08. The zero-order chi connectivity index (χ0) is 9.80. The van der Waals surface area contributed by atoms with E-state index in [2.05, 4.69) is 4.98 Å². The maximum atomic E-state index is 11.6. The molecule has 1 fully saturated rings. The summed E-state index contributed by atoms with van der Waals surface area (Å²) < 4.78 is 5.46. The Labute approximate surface area is 83.5 Å². The lowest BCUT2D eigenvalue weighted by molar-refractivity contribution is 0.0859. The van der Waals surface area contributed by atoms with Crippen molar-refractivity contribution in [2.75, 3.05) is 6.61 Å². The standard InChI is InChI=1S/C11H15NO2/c13-11(9-5-6-12-8-9)4-3-10-2-1-7-14-10/h5-6,8,10,12H,1-4,7H2. The molecule has 0 saturated carbocycles. The molecule has 1 unspecified atom stereocenters. The van der Waals surface area contributed by atoms with Gasteiger partial charge >= 0.3 is 0 Å². The normalized spacial score (nSPS) is 21.3. The first kappa shape index (κ1) is 9.46. The van der Waals surface area contributed by atoms with Crippen molar-refractivity contribution in [1.29, 1.82) is 0 Å². The van der Waals surface area contributed by atoms with Crippen molar-refractivity contribution in [1.82, 2.24) is 4.98 Å². The molecule has 3 nitrogen and oxygen atoms in total. The first-order valence-corrected chi connectivity index (χ1v) is 5.14. The third-order valence-corrected chi connectivity index (χ3v) is 2.64. The summed E-state index contributed by atoms with van der Waals surface area (Å²) in [5, 5.41) is 0. The van der Waals surface area contributed by atoms with Gasteiger partial charge in [-0.15, -0.1) is 0 Å². The summed E-state index contributed by atoms with van der Waals surface area (Å²) in [5.41, 5.74) is 0.781. The molecule has 0 spiro atoms. The minimum absolute atomic E-state index is 0.210. The van der Waals surface area contributed by atoms with Gasteiger partial charge < -0.3 is 9.72 Å². The summed E-state index contributed by atoms with van der Waals surface area (Å²) in [5.74, 6) is 0.210. The summed E-state index contributed by atoms with van der Waals surface area (Å²) in [6, 6.07) is 1.82. The Hall–Kier alpha value is -1.09. The van der Waals surface area contributed by atoms with Crippen LogP contribution in [0.3, 0.4) is 0 Å². The third kappa shape index (κ3) is 2.23. The minimum Gasteiger partial charge on any atom is -0.378 e. The summed E-state index contributed by atoms with van der Waals surface area (Å²) in [6.07, 6.45) is 7.56. The molecule has 2 rings (SSSR count). The highest BCUT2D eigenvalue weighted by molar-refractivity contribution is 5.95. The van der Waals surface area contributed by atoms with Crippen molar-refractivity contribution in [2.24, 2.45) is 0 Å². The van der Waals surface area contributed by atoms with E-state index in [1.165, 1.54) is 0 Å². The number of nitrogens with one attached hydrogen (secondary N) is 1. The molecule has 0 radical (unpaired) electrons. The Morgan fingerprint density at radius 3 is 3.21 bits per heavy atom. The number of hydrogen-bond donors (Lipinski definition) is 1. The van der Waals surface area contributed by atoms with Crippen LogP contribution in [0.25, 0.3) is 0 Å². The minimum atomic E-state index is 0.210. The smallest absolute Gasteiger partial charge is 0.164 e. The van der Waals surface area contributed by atoms with Gasteiger partial charge in [0.15, 0.2) is 5.78 Å². The number of hydrogen-bond acceptors (Lipinski definition) is 2. The second-order valence-corrected chi connectivity index (χ2v) is 3.70. The van der Waals surface area contributed by atoms with E-state index in [0.29, 0.717) is 12.5 Å². The summed E-state index contributed by atoms with van der Waals surface area (Å²) in [6.45, 7) is 0.864. The molecule has 0 bridgehead atoms. The molecule has 3 heteroatoms. The van der Waals surface area contributed by atoms with Gasteiger partial charge in [0.05, 0.1) is 6.10 Å². The van der Waals surface area contributed by atoms with Gasteiger partial charge in [0.25, 0.3) is 0 Å². The fourth-order valence-electron chi connectivity index (χ4n) is 1.81. The maximum absolute atomic E-state index is 11.6. The molecular formula is C11H15NO2. The topological polar surface area (TPSA) is 42.1 Å². The molecule has 1 aromatic heterocycles. The largest absolute Gasteiger partial charge is 0.378 e. The van der Waals surface area contributed by atoms with E-state index >= 15 is 0 Å². The number of aromatic nitrogens is 1. The van der Waals surface area contributed by atoms with Crippen LogP contribution in [0.4, 0.5) is 0 Å². The van der Waals surface area contributed by atoms with Gasteiger partial charge in [-0.05, 0) is 25.3 Å². The number of aromatic amines is 1. The molecule has 0 aliphatic carbocycles.